The molecule has 0 fully saturated rings. The number of hydrogen-bond donors (Lipinski definition) is 1. The van der Waals surface area contributed by atoms with Gasteiger partial charge in [0.1, 0.15) is 0 Å². The number of aryl methyl sites for hydroxylation is 1. The minimum atomic E-state index is -0.775. The van der Waals surface area contributed by atoms with Crippen LogP contribution >= 0.6 is 0 Å². The molecule has 2 rings (SSSR count). The van der Waals surface area contributed by atoms with Gasteiger partial charge in [0.2, 0.25) is 0 Å². The number of carboxylic acids is 1. The molecule has 0 unspecified atom stereocenters. The number of hydrogen-bond acceptors (Lipinski definition) is 3. The molecule has 5 heteroatoms. The maximum atomic E-state index is 10.5. The summed E-state index contributed by atoms with van der Waals surface area (Å²) in [5, 5.41) is 12.8. The Balaban J connectivity index is 2.23. The van der Waals surface area contributed by atoms with E-state index in [1.165, 1.54) is 0 Å². The van der Waals surface area contributed by atoms with Gasteiger partial charge in [-0.3, -0.25) is 0 Å². The van der Waals surface area contributed by atoms with E-state index in [1.54, 1.807) is 0 Å². The molecule has 0 bridgehead atoms. The van der Waals surface area contributed by atoms with Crippen LogP contribution in [-0.2, 0) is 11.2 Å². The van der Waals surface area contributed by atoms with E-state index in [1.807, 2.05) is 30.3 Å². The molecule has 1 aromatic heterocycles. The Morgan fingerprint density at radius 1 is 1.31 bits per heavy atom. The van der Waals surface area contributed by atoms with Crippen LogP contribution in [0.15, 0.2) is 30.3 Å². The fourth-order valence-electron chi connectivity index (χ4n) is 1.41. The number of aromatic nitrogens is 2. The predicted molar refractivity (Wildman–Crippen MR) is 60.4 cm³/mol. The van der Waals surface area contributed by atoms with Crippen molar-refractivity contribution >= 4 is 20.7 Å². The Labute approximate surface area is 98.9 Å². The molecule has 4 nitrogen and oxygen atoms in total. The first-order valence-corrected chi connectivity index (χ1v) is 6.48. The van der Waals surface area contributed by atoms with Crippen molar-refractivity contribution in [2.24, 2.45) is 0 Å². The molecule has 0 spiro atoms. The Bertz CT molecular complexity index is 482. The van der Waals surface area contributed by atoms with Crippen molar-refractivity contribution in [1.29, 1.82) is 0 Å². The van der Waals surface area contributed by atoms with Crippen LogP contribution in [0.3, 0.4) is 0 Å². The van der Waals surface area contributed by atoms with Gasteiger partial charge in [-0.2, -0.15) is 0 Å². The van der Waals surface area contributed by atoms with Crippen molar-refractivity contribution in [3.63, 3.8) is 0 Å². The molecule has 1 heterocycles. The number of carbonyl (C=O) groups is 1. The molecule has 1 N–H and O–H groups in total. The van der Waals surface area contributed by atoms with E-state index in [0.717, 1.165) is 15.7 Å². The van der Waals surface area contributed by atoms with E-state index in [9.17, 15) is 4.79 Å². The van der Waals surface area contributed by atoms with E-state index in [0.29, 0.717) is 6.42 Å². The zero-order chi connectivity index (χ0) is 11.4. The van der Waals surface area contributed by atoms with Crippen LogP contribution in [0, 0.1) is 0 Å². The van der Waals surface area contributed by atoms with Gasteiger partial charge < -0.3 is 0 Å². The Kier molecular flexibility index (Phi) is 3.49. The van der Waals surface area contributed by atoms with Crippen molar-refractivity contribution in [1.82, 2.24) is 9.19 Å². The molecule has 1 aromatic carbocycles. The SMILES string of the molecule is O=C(O)CCc1[se]nnc1-c1ccccc1. The average molecular weight is 281 g/mol. The summed E-state index contributed by atoms with van der Waals surface area (Å²) in [5.74, 6) is -0.775. The number of aliphatic carboxylic acids is 1. The Hall–Kier alpha value is -1.45. The molecule has 82 valence electrons. The number of carboxylic acid groups (broad SMARTS) is 1. The number of benzene rings is 1. The standard InChI is InChI=1S/C11H10N2O2Se/c14-10(15)7-6-9-11(12-13-16-9)8-4-2-1-3-5-8/h1-5H,6-7H2,(H,14,15). The van der Waals surface area contributed by atoms with Crippen molar-refractivity contribution in [3.8, 4) is 11.3 Å². The van der Waals surface area contributed by atoms with Crippen LogP contribution in [0.25, 0.3) is 11.3 Å². The molecule has 2 aromatic rings. The van der Waals surface area contributed by atoms with Gasteiger partial charge in [0.25, 0.3) is 0 Å². The first-order valence-electron chi connectivity index (χ1n) is 4.86. The molecule has 0 saturated carbocycles. The summed E-state index contributed by atoms with van der Waals surface area (Å²) in [4.78, 5) is 10.5. The van der Waals surface area contributed by atoms with Crippen molar-refractivity contribution in [2.45, 2.75) is 12.8 Å². The van der Waals surface area contributed by atoms with Gasteiger partial charge in [0, 0.05) is 0 Å². The number of rotatable bonds is 4. The second-order valence-electron chi connectivity index (χ2n) is 3.30. The van der Waals surface area contributed by atoms with Gasteiger partial charge in [-0.05, 0) is 0 Å². The average Bonchev–Trinajstić information content (AvgIpc) is 2.75. The molecule has 0 aliphatic heterocycles. The Morgan fingerprint density at radius 3 is 2.75 bits per heavy atom. The van der Waals surface area contributed by atoms with Crippen LogP contribution in [0.5, 0.6) is 0 Å². The van der Waals surface area contributed by atoms with Crippen LogP contribution in [-0.4, -0.2) is 35.0 Å². The summed E-state index contributed by atoms with van der Waals surface area (Å²) >= 11 is -0.0272. The first-order chi connectivity index (χ1) is 7.77. The number of nitrogens with zero attached hydrogens (tertiary/aromatic N) is 2. The molecular formula is C11H10N2O2Se. The van der Waals surface area contributed by atoms with Crippen LogP contribution in [0.4, 0.5) is 0 Å². The second-order valence-corrected chi connectivity index (χ2v) is 5.06. The summed E-state index contributed by atoms with van der Waals surface area (Å²) < 4.78 is 5.09. The summed E-state index contributed by atoms with van der Waals surface area (Å²) in [5.41, 5.74) is 1.88. The summed E-state index contributed by atoms with van der Waals surface area (Å²) in [6, 6.07) is 9.77. The van der Waals surface area contributed by atoms with Crippen LogP contribution in [0.1, 0.15) is 10.9 Å². The molecule has 0 aliphatic rings. The zero-order valence-corrected chi connectivity index (χ0v) is 10.2. The van der Waals surface area contributed by atoms with Gasteiger partial charge in [-0.15, -0.1) is 0 Å². The van der Waals surface area contributed by atoms with E-state index < -0.39 is 5.97 Å². The van der Waals surface area contributed by atoms with Crippen LogP contribution in [0.2, 0.25) is 0 Å². The van der Waals surface area contributed by atoms with Gasteiger partial charge in [0.15, 0.2) is 0 Å². The van der Waals surface area contributed by atoms with Crippen molar-refractivity contribution in [3.05, 3.63) is 34.8 Å². The zero-order valence-electron chi connectivity index (χ0n) is 8.46. The fourth-order valence-corrected chi connectivity index (χ4v) is 2.79. The van der Waals surface area contributed by atoms with E-state index in [4.69, 9.17) is 5.11 Å². The maximum absolute atomic E-state index is 10.5. The van der Waals surface area contributed by atoms with Crippen molar-refractivity contribution in [2.75, 3.05) is 0 Å². The molecule has 0 amide bonds. The molecule has 0 radical (unpaired) electrons. The Morgan fingerprint density at radius 2 is 2.06 bits per heavy atom. The quantitative estimate of drug-likeness (QED) is 0.856. The molecule has 0 aliphatic carbocycles. The first kappa shape index (κ1) is 11.0. The predicted octanol–water partition coefficient (Wildman–Crippen LogP) is 1.22. The van der Waals surface area contributed by atoms with Gasteiger partial charge in [-0.1, -0.05) is 0 Å². The van der Waals surface area contributed by atoms with E-state index in [2.05, 4.69) is 9.19 Å². The summed E-state index contributed by atoms with van der Waals surface area (Å²) in [6.07, 6.45) is 0.699. The van der Waals surface area contributed by atoms with E-state index in [-0.39, 0.29) is 21.2 Å². The fraction of sp³-hybridized carbons (Fsp3) is 0.182. The third kappa shape index (κ3) is 2.56. The second kappa shape index (κ2) is 5.05. The molecule has 16 heavy (non-hydrogen) atoms. The van der Waals surface area contributed by atoms with E-state index >= 15 is 0 Å². The molecular weight excluding hydrogens is 271 g/mol. The molecule has 0 saturated heterocycles. The summed E-state index contributed by atoms with van der Waals surface area (Å²) in [6.45, 7) is 0. The van der Waals surface area contributed by atoms with Gasteiger partial charge in [-0.25, -0.2) is 0 Å². The van der Waals surface area contributed by atoms with Gasteiger partial charge >= 0.3 is 98.7 Å². The van der Waals surface area contributed by atoms with Crippen LogP contribution < -0.4 is 0 Å². The topological polar surface area (TPSA) is 63.1 Å². The normalized spacial score (nSPS) is 10.2. The minimum absolute atomic E-state index is 0.0272. The van der Waals surface area contributed by atoms with Crippen molar-refractivity contribution < 1.29 is 9.90 Å². The third-order valence-corrected chi connectivity index (χ3v) is 3.81. The monoisotopic (exact) mass is 282 g/mol. The molecule has 0 atom stereocenters. The van der Waals surface area contributed by atoms with Gasteiger partial charge in [0.05, 0.1) is 0 Å². The third-order valence-electron chi connectivity index (χ3n) is 2.17. The summed E-state index contributed by atoms with van der Waals surface area (Å²) in [7, 11) is 0.